The van der Waals surface area contributed by atoms with Crippen LogP contribution in [0.1, 0.15) is 29.7 Å². The molecule has 0 radical (unpaired) electrons. The van der Waals surface area contributed by atoms with Crippen molar-refractivity contribution in [2.45, 2.75) is 20.0 Å². The second kappa shape index (κ2) is 5.51. The summed E-state index contributed by atoms with van der Waals surface area (Å²) in [5.41, 5.74) is 2.19. The first-order chi connectivity index (χ1) is 9.10. The second-order valence-electron chi connectivity index (χ2n) is 4.30. The number of hydrogen-bond acceptors (Lipinski definition) is 4. The number of benzene rings is 1. The summed E-state index contributed by atoms with van der Waals surface area (Å²) in [6, 6.07) is 10.7. The van der Waals surface area contributed by atoms with Crippen LogP contribution in [0.15, 0.2) is 36.5 Å². The summed E-state index contributed by atoms with van der Waals surface area (Å²) in [6.45, 7) is 3.58. The molecule has 0 aliphatic rings. The zero-order valence-electron chi connectivity index (χ0n) is 10.8. The van der Waals surface area contributed by atoms with Crippen LogP contribution >= 0.6 is 0 Å². The van der Waals surface area contributed by atoms with Crippen molar-refractivity contribution >= 4 is 0 Å². The van der Waals surface area contributed by atoms with Gasteiger partial charge in [-0.05, 0) is 43.2 Å². The van der Waals surface area contributed by atoms with E-state index in [-0.39, 0.29) is 0 Å². The van der Waals surface area contributed by atoms with Gasteiger partial charge in [0.2, 0.25) is 5.88 Å². The van der Waals surface area contributed by atoms with Crippen molar-refractivity contribution in [3.8, 4) is 17.7 Å². The lowest BCUT2D eigenvalue weighted by Crippen LogP contribution is -1.95. The van der Waals surface area contributed by atoms with Crippen LogP contribution in [0.25, 0.3) is 0 Å². The highest BCUT2D eigenvalue weighted by Crippen LogP contribution is 2.26. The Morgan fingerprint density at radius 3 is 2.79 bits per heavy atom. The number of aliphatic hydroxyl groups is 1. The number of nitrogens with zero attached hydrogens (tertiary/aromatic N) is 2. The third-order valence-corrected chi connectivity index (χ3v) is 2.77. The lowest BCUT2D eigenvalue weighted by atomic mass is 10.1. The molecule has 0 saturated heterocycles. The molecule has 1 aromatic heterocycles. The summed E-state index contributed by atoms with van der Waals surface area (Å²) in [5, 5.41) is 18.4. The molecule has 1 aromatic carbocycles. The Bertz CT molecular complexity index is 630. The van der Waals surface area contributed by atoms with Crippen molar-refractivity contribution < 1.29 is 9.84 Å². The molecule has 1 N–H and O–H groups in total. The fraction of sp³-hybridized carbons (Fsp3) is 0.200. The highest BCUT2D eigenvalue weighted by molar-refractivity contribution is 5.43. The molecule has 2 rings (SSSR count). The molecule has 0 amide bonds. The summed E-state index contributed by atoms with van der Waals surface area (Å²) in [6.07, 6.45) is 1.01. The van der Waals surface area contributed by atoms with Gasteiger partial charge in [-0.2, -0.15) is 5.26 Å². The number of aliphatic hydroxyl groups excluding tert-OH is 1. The van der Waals surface area contributed by atoms with E-state index in [0.717, 1.165) is 11.1 Å². The van der Waals surface area contributed by atoms with Gasteiger partial charge in [0.15, 0.2) is 0 Å². The molecule has 1 heterocycles. The third-order valence-electron chi connectivity index (χ3n) is 2.77. The molecule has 0 bridgehead atoms. The minimum atomic E-state index is -0.572. The molecule has 4 nitrogen and oxygen atoms in total. The second-order valence-corrected chi connectivity index (χ2v) is 4.30. The minimum absolute atomic E-state index is 0.400. The van der Waals surface area contributed by atoms with Crippen LogP contribution in [0.3, 0.4) is 0 Å². The summed E-state index contributed by atoms with van der Waals surface area (Å²) in [7, 11) is 0. The maximum absolute atomic E-state index is 9.52. The summed E-state index contributed by atoms with van der Waals surface area (Å²) >= 11 is 0. The Kier molecular flexibility index (Phi) is 3.79. The van der Waals surface area contributed by atoms with Gasteiger partial charge < -0.3 is 9.84 Å². The monoisotopic (exact) mass is 254 g/mol. The van der Waals surface area contributed by atoms with Crippen molar-refractivity contribution in [1.29, 1.82) is 5.26 Å². The number of aryl methyl sites for hydroxylation is 1. The quantitative estimate of drug-likeness (QED) is 0.913. The van der Waals surface area contributed by atoms with E-state index in [1.807, 2.05) is 13.0 Å². The van der Waals surface area contributed by atoms with Gasteiger partial charge in [0, 0.05) is 12.3 Å². The lowest BCUT2D eigenvalue weighted by molar-refractivity contribution is 0.198. The normalized spacial score (nSPS) is 11.7. The fourth-order valence-corrected chi connectivity index (χ4v) is 1.63. The molecule has 0 saturated carbocycles. The van der Waals surface area contributed by atoms with E-state index >= 15 is 0 Å². The highest BCUT2D eigenvalue weighted by atomic mass is 16.5. The average Bonchev–Trinajstić information content (AvgIpc) is 2.41. The van der Waals surface area contributed by atoms with Crippen molar-refractivity contribution in [2.75, 3.05) is 0 Å². The molecular formula is C15H14N2O2. The minimum Gasteiger partial charge on any atom is -0.439 e. The van der Waals surface area contributed by atoms with Crippen molar-refractivity contribution in [1.82, 2.24) is 4.98 Å². The van der Waals surface area contributed by atoms with Crippen LogP contribution in [-0.2, 0) is 0 Å². The van der Waals surface area contributed by atoms with Gasteiger partial charge in [-0.25, -0.2) is 4.98 Å². The molecular weight excluding hydrogens is 240 g/mol. The summed E-state index contributed by atoms with van der Waals surface area (Å²) in [4.78, 5) is 4.10. The number of aromatic nitrogens is 1. The van der Waals surface area contributed by atoms with Crippen LogP contribution in [-0.4, -0.2) is 10.1 Å². The van der Waals surface area contributed by atoms with Crippen molar-refractivity contribution in [3.05, 3.63) is 53.2 Å². The smallest absolute Gasteiger partial charge is 0.219 e. The highest BCUT2D eigenvalue weighted by Gasteiger charge is 2.07. The van der Waals surface area contributed by atoms with E-state index in [1.54, 1.807) is 37.4 Å². The Balaban J connectivity index is 2.31. The number of pyridine rings is 1. The predicted octanol–water partition coefficient (Wildman–Crippen LogP) is 3.11. The molecule has 4 heteroatoms. The molecule has 19 heavy (non-hydrogen) atoms. The number of rotatable bonds is 3. The molecule has 0 unspecified atom stereocenters. The van der Waals surface area contributed by atoms with E-state index in [9.17, 15) is 5.11 Å². The maximum Gasteiger partial charge on any atom is 0.219 e. The van der Waals surface area contributed by atoms with Crippen LogP contribution in [0.5, 0.6) is 11.6 Å². The largest absolute Gasteiger partial charge is 0.439 e. The summed E-state index contributed by atoms with van der Waals surface area (Å²) < 4.78 is 5.67. The molecule has 2 aromatic rings. The standard InChI is InChI=1S/C15H14N2O2/c1-10-3-4-12(9-16)7-14(10)19-15-8-13(11(2)18)5-6-17-15/h3-8,11,18H,1-2H3/t11-/m1/s1. The Morgan fingerprint density at radius 2 is 2.11 bits per heavy atom. The van der Waals surface area contributed by atoms with E-state index in [1.165, 1.54) is 0 Å². The van der Waals surface area contributed by atoms with E-state index in [0.29, 0.717) is 17.2 Å². The Morgan fingerprint density at radius 1 is 1.32 bits per heavy atom. The van der Waals surface area contributed by atoms with E-state index < -0.39 is 6.10 Å². The number of nitriles is 1. The molecule has 1 atom stereocenters. The third kappa shape index (κ3) is 3.09. The van der Waals surface area contributed by atoms with Gasteiger partial charge in [-0.3, -0.25) is 0 Å². The fourth-order valence-electron chi connectivity index (χ4n) is 1.63. The van der Waals surface area contributed by atoms with Crippen LogP contribution in [0.4, 0.5) is 0 Å². The van der Waals surface area contributed by atoms with Crippen molar-refractivity contribution in [3.63, 3.8) is 0 Å². The summed E-state index contributed by atoms with van der Waals surface area (Å²) in [5.74, 6) is 0.992. The molecule has 96 valence electrons. The van der Waals surface area contributed by atoms with Gasteiger partial charge in [0.25, 0.3) is 0 Å². The molecule has 0 aliphatic carbocycles. The van der Waals surface area contributed by atoms with Gasteiger partial charge >= 0.3 is 0 Å². The number of ether oxygens (including phenoxy) is 1. The number of hydrogen-bond donors (Lipinski definition) is 1. The lowest BCUT2D eigenvalue weighted by Gasteiger charge is -2.10. The van der Waals surface area contributed by atoms with E-state index in [4.69, 9.17) is 10.00 Å². The molecule has 0 aliphatic heterocycles. The topological polar surface area (TPSA) is 66.1 Å². The van der Waals surface area contributed by atoms with Gasteiger partial charge in [0.05, 0.1) is 17.7 Å². The first kappa shape index (κ1) is 13.1. The average molecular weight is 254 g/mol. The maximum atomic E-state index is 9.52. The molecule has 0 spiro atoms. The van der Waals surface area contributed by atoms with Gasteiger partial charge in [-0.1, -0.05) is 6.07 Å². The van der Waals surface area contributed by atoms with E-state index in [2.05, 4.69) is 11.1 Å². The van der Waals surface area contributed by atoms with Crippen molar-refractivity contribution in [2.24, 2.45) is 0 Å². The zero-order chi connectivity index (χ0) is 13.8. The SMILES string of the molecule is Cc1ccc(C#N)cc1Oc1cc([C@@H](C)O)ccn1. The van der Waals surface area contributed by atoms with Crippen LogP contribution in [0.2, 0.25) is 0 Å². The van der Waals surface area contributed by atoms with Gasteiger partial charge in [-0.15, -0.1) is 0 Å². The molecule has 0 fully saturated rings. The van der Waals surface area contributed by atoms with Gasteiger partial charge in [0.1, 0.15) is 5.75 Å². The van der Waals surface area contributed by atoms with Crippen LogP contribution < -0.4 is 4.74 Å². The predicted molar refractivity (Wildman–Crippen MR) is 70.8 cm³/mol. The Hall–Kier alpha value is -2.38. The first-order valence-corrected chi connectivity index (χ1v) is 5.93. The zero-order valence-corrected chi connectivity index (χ0v) is 10.8. The van der Waals surface area contributed by atoms with Crippen LogP contribution in [0, 0.1) is 18.3 Å². The Labute approximate surface area is 111 Å². The first-order valence-electron chi connectivity index (χ1n) is 5.93.